The molecule has 34 heavy (non-hydrogen) atoms. The largest absolute Gasteiger partial charge is 0.472 e. The molecule has 0 aliphatic carbocycles. The summed E-state index contributed by atoms with van der Waals surface area (Å²) in [6.45, 7) is 8.12. The summed E-state index contributed by atoms with van der Waals surface area (Å²) in [5.74, 6) is 1.11. The summed E-state index contributed by atoms with van der Waals surface area (Å²) in [5, 5.41) is 0.978. The van der Waals surface area contributed by atoms with Crippen molar-refractivity contribution >= 4 is 16.9 Å². The normalized spacial score (nSPS) is 24.6. The number of piperidine rings is 2. The minimum absolute atomic E-state index is 0.168. The number of ether oxygens (including phenoxy) is 2. The first kappa shape index (κ1) is 21.7. The van der Waals surface area contributed by atoms with Gasteiger partial charge in [-0.1, -0.05) is 30.3 Å². The molecule has 4 heterocycles. The molecule has 0 amide bonds. The molecule has 1 N–H and O–H groups in total. The van der Waals surface area contributed by atoms with E-state index in [1.165, 1.54) is 25.7 Å². The first-order chi connectivity index (χ1) is 16.4. The van der Waals surface area contributed by atoms with Gasteiger partial charge in [-0.3, -0.25) is 4.90 Å². The van der Waals surface area contributed by atoms with Crippen molar-refractivity contribution in [3.63, 3.8) is 0 Å². The van der Waals surface area contributed by atoms with Crippen LogP contribution in [0.2, 0.25) is 0 Å². The first-order valence-electron chi connectivity index (χ1n) is 12.8. The fraction of sp³-hybridized carbons (Fsp3) is 0.483. The second kappa shape index (κ2) is 7.88. The molecule has 1 aromatic heterocycles. The van der Waals surface area contributed by atoms with Crippen LogP contribution in [-0.4, -0.2) is 34.7 Å². The summed E-state index contributed by atoms with van der Waals surface area (Å²) in [4.78, 5) is 19.7. The molecular weight excluding hydrogens is 424 g/mol. The number of aromatic nitrogens is 1. The maximum absolute atomic E-state index is 13.6. The number of carbonyl (C=O) groups is 1. The van der Waals surface area contributed by atoms with Crippen LogP contribution >= 0.6 is 0 Å². The lowest BCUT2D eigenvalue weighted by molar-refractivity contribution is -0.177. The van der Waals surface area contributed by atoms with Crippen molar-refractivity contribution in [1.82, 2.24) is 9.88 Å². The summed E-state index contributed by atoms with van der Waals surface area (Å²) in [6, 6.07) is 14.1. The van der Waals surface area contributed by atoms with E-state index < -0.39 is 5.60 Å². The molecule has 3 aromatic rings. The molecule has 0 saturated carbocycles. The summed E-state index contributed by atoms with van der Waals surface area (Å²) in [7, 11) is 0. The predicted molar refractivity (Wildman–Crippen MR) is 133 cm³/mol. The number of nitrogens with zero attached hydrogens (tertiary/aromatic N) is 1. The van der Waals surface area contributed by atoms with Crippen LogP contribution in [0.25, 0.3) is 10.9 Å². The van der Waals surface area contributed by atoms with E-state index >= 15 is 0 Å². The van der Waals surface area contributed by atoms with Crippen LogP contribution in [0.3, 0.4) is 0 Å². The molecule has 2 atom stereocenters. The Hall–Kier alpha value is -2.79. The van der Waals surface area contributed by atoms with Gasteiger partial charge in [0.15, 0.2) is 5.72 Å². The van der Waals surface area contributed by atoms with Crippen molar-refractivity contribution in [3.05, 3.63) is 64.8 Å². The molecule has 3 aliphatic rings. The number of aromatic amines is 1. The van der Waals surface area contributed by atoms with Gasteiger partial charge in [0.05, 0.1) is 5.56 Å². The van der Waals surface area contributed by atoms with Crippen LogP contribution in [0.15, 0.2) is 42.5 Å². The third-order valence-corrected chi connectivity index (χ3v) is 8.34. The second-order valence-electron chi connectivity index (χ2n) is 10.8. The Morgan fingerprint density at radius 1 is 1.12 bits per heavy atom. The van der Waals surface area contributed by atoms with Crippen LogP contribution in [-0.2, 0) is 16.8 Å². The molecular formula is C29H34N2O3. The molecule has 0 bridgehead atoms. The van der Waals surface area contributed by atoms with Gasteiger partial charge < -0.3 is 14.5 Å². The van der Waals surface area contributed by atoms with Gasteiger partial charge in [0, 0.05) is 47.6 Å². The summed E-state index contributed by atoms with van der Waals surface area (Å²) < 4.78 is 13.0. The lowest BCUT2D eigenvalue weighted by Crippen LogP contribution is -2.64. The fourth-order valence-corrected chi connectivity index (χ4v) is 6.65. The Kier molecular flexibility index (Phi) is 5.03. The Labute approximate surface area is 201 Å². The fourth-order valence-electron chi connectivity index (χ4n) is 6.65. The van der Waals surface area contributed by atoms with E-state index in [4.69, 9.17) is 9.47 Å². The topological polar surface area (TPSA) is 54.6 Å². The highest BCUT2D eigenvalue weighted by Gasteiger charge is 2.52. The van der Waals surface area contributed by atoms with Gasteiger partial charge in [0.2, 0.25) is 0 Å². The van der Waals surface area contributed by atoms with E-state index in [1.807, 2.05) is 51.1 Å². The number of hydrogen-bond donors (Lipinski definition) is 1. The number of hydrogen-bond acceptors (Lipinski definition) is 4. The number of rotatable bonds is 3. The zero-order chi connectivity index (χ0) is 23.5. The lowest BCUT2D eigenvalue weighted by atomic mass is 9.74. The number of fused-ring (bicyclic) bond motifs is 3. The molecule has 2 aromatic carbocycles. The standard InChI is InChI=1S/C29H34N2O3/c1-19-25(27(32)34-28(2,3)20-10-5-4-6-11-20)26-22-18-21-12-9-17-31-16-8-7-15-29(21,31)33-24(22)14-13-23(26)30-19/h4-6,10-11,13-14,21,30H,7-9,12,15-18H2,1-3H3. The zero-order valence-corrected chi connectivity index (χ0v) is 20.4. The Balaban J connectivity index is 1.41. The molecule has 2 unspecified atom stereocenters. The Bertz CT molecular complexity index is 1240. The number of carbonyl (C=O) groups excluding carboxylic acids is 1. The smallest absolute Gasteiger partial charge is 0.341 e. The molecule has 5 nitrogen and oxygen atoms in total. The molecule has 1 spiro atoms. The number of benzene rings is 2. The van der Waals surface area contributed by atoms with Crippen molar-refractivity contribution in [1.29, 1.82) is 0 Å². The van der Waals surface area contributed by atoms with Crippen LogP contribution in [0.5, 0.6) is 5.75 Å². The SMILES string of the molecule is Cc1[nH]c2ccc3c(c2c1C(=O)OC(C)(C)c1ccccc1)CC1CCCN2CCCCC12O3. The average Bonchev–Trinajstić information content (AvgIpc) is 3.18. The van der Waals surface area contributed by atoms with Gasteiger partial charge in [0.25, 0.3) is 0 Å². The van der Waals surface area contributed by atoms with E-state index in [2.05, 4.69) is 22.0 Å². The van der Waals surface area contributed by atoms with Crippen molar-refractivity contribution in [2.45, 2.75) is 70.6 Å². The summed E-state index contributed by atoms with van der Waals surface area (Å²) in [6.07, 6.45) is 6.92. The van der Waals surface area contributed by atoms with Gasteiger partial charge in [-0.15, -0.1) is 0 Å². The predicted octanol–water partition coefficient (Wildman–Crippen LogP) is 6.10. The molecule has 3 aliphatic heterocycles. The molecule has 6 rings (SSSR count). The van der Waals surface area contributed by atoms with E-state index in [0.29, 0.717) is 11.5 Å². The third-order valence-electron chi connectivity index (χ3n) is 8.34. The number of H-pyrrole nitrogens is 1. The van der Waals surface area contributed by atoms with Gasteiger partial charge in [0.1, 0.15) is 11.4 Å². The van der Waals surface area contributed by atoms with Crippen LogP contribution in [0.4, 0.5) is 0 Å². The van der Waals surface area contributed by atoms with Crippen molar-refractivity contribution < 1.29 is 14.3 Å². The van der Waals surface area contributed by atoms with Gasteiger partial charge in [-0.2, -0.15) is 0 Å². The number of aryl methyl sites for hydroxylation is 1. The maximum Gasteiger partial charge on any atom is 0.341 e. The van der Waals surface area contributed by atoms with Gasteiger partial charge in [-0.05, 0) is 70.6 Å². The molecule has 0 radical (unpaired) electrons. The van der Waals surface area contributed by atoms with Crippen LogP contribution in [0.1, 0.15) is 73.1 Å². The van der Waals surface area contributed by atoms with Crippen molar-refractivity contribution in [3.8, 4) is 5.75 Å². The zero-order valence-electron chi connectivity index (χ0n) is 20.4. The molecule has 2 saturated heterocycles. The summed E-state index contributed by atoms with van der Waals surface area (Å²) >= 11 is 0. The minimum atomic E-state index is -0.726. The quantitative estimate of drug-likeness (QED) is 0.482. The lowest BCUT2D eigenvalue weighted by Gasteiger charge is -2.56. The number of nitrogens with one attached hydrogen (secondary N) is 1. The van der Waals surface area contributed by atoms with Crippen LogP contribution < -0.4 is 4.74 Å². The van der Waals surface area contributed by atoms with E-state index in [1.54, 1.807) is 0 Å². The molecule has 178 valence electrons. The van der Waals surface area contributed by atoms with Gasteiger partial charge >= 0.3 is 5.97 Å². The van der Waals surface area contributed by atoms with Crippen molar-refractivity contribution in [2.24, 2.45) is 5.92 Å². The first-order valence-corrected chi connectivity index (χ1v) is 12.8. The summed E-state index contributed by atoms with van der Waals surface area (Å²) in [5.41, 5.74) is 3.72. The maximum atomic E-state index is 13.6. The highest BCUT2D eigenvalue weighted by molar-refractivity contribution is 6.07. The molecule has 5 heteroatoms. The monoisotopic (exact) mass is 458 g/mol. The average molecular weight is 459 g/mol. The third kappa shape index (κ3) is 3.28. The minimum Gasteiger partial charge on any atom is -0.472 e. The highest BCUT2D eigenvalue weighted by atomic mass is 16.6. The Morgan fingerprint density at radius 3 is 2.74 bits per heavy atom. The van der Waals surface area contributed by atoms with Crippen molar-refractivity contribution in [2.75, 3.05) is 13.1 Å². The Morgan fingerprint density at radius 2 is 1.91 bits per heavy atom. The second-order valence-corrected chi connectivity index (χ2v) is 10.8. The molecule has 2 fully saturated rings. The van der Waals surface area contributed by atoms with E-state index in [-0.39, 0.29) is 11.7 Å². The van der Waals surface area contributed by atoms with Gasteiger partial charge in [-0.25, -0.2) is 4.79 Å². The van der Waals surface area contributed by atoms with E-state index in [9.17, 15) is 4.79 Å². The highest BCUT2D eigenvalue weighted by Crippen LogP contribution is 2.50. The van der Waals surface area contributed by atoms with E-state index in [0.717, 1.165) is 59.4 Å². The number of esters is 1. The van der Waals surface area contributed by atoms with Crippen LogP contribution in [0, 0.1) is 12.8 Å².